The van der Waals surface area contributed by atoms with Gasteiger partial charge in [0.1, 0.15) is 17.0 Å². The third kappa shape index (κ3) is 4.59. The summed E-state index contributed by atoms with van der Waals surface area (Å²) in [6.45, 7) is 10.7. The molecule has 144 valence electrons. The molecule has 0 spiro atoms. The van der Waals surface area contributed by atoms with Crippen LogP contribution in [0, 0.1) is 20.8 Å². The summed E-state index contributed by atoms with van der Waals surface area (Å²) < 4.78 is 0. The van der Waals surface area contributed by atoms with Gasteiger partial charge in [-0.1, -0.05) is 29.8 Å². The molecule has 1 saturated heterocycles. The van der Waals surface area contributed by atoms with Crippen molar-refractivity contribution in [3.05, 3.63) is 52.5 Å². The van der Waals surface area contributed by atoms with Crippen LogP contribution in [0.1, 0.15) is 35.1 Å². The van der Waals surface area contributed by atoms with Crippen molar-refractivity contribution in [3.8, 4) is 0 Å². The minimum atomic E-state index is -0.475. The van der Waals surface area contributed by atoms with E-state index in [2.05, 4.69) is 48.0 Å². The van der Waals surface area contributed by atoms with Crippen LogP contribution in [0.4, 0.5) is 5.82 Å². The Labute approximate surface area is 166 Å². The lowest BCUT2D eigenvalue weighted by molar-refractivity contribution is -0.130. The fourth-order valence-electron chi connectivity index (χ4n) is 3.49. The maximum atomic E-state index is 12.1. The van der Waals surface area contributed by atoms with Gasteiger partial charge in [-0.2, -0.15) is 0 Å². The van der Waals surface area contributed by atoms with Crippen molar-refractivity contribution in [2.45, 2.75) is 39.5 Å². The lowest BCUT2D eigenvalue weighted by atomic mass is 10.0. The second kappa shape index (κ2) is 8.26. The molecule has 1 aromatic heterocycles. The molecule has 3 rings (SSSR count). The van der Waals surface area contributed by atoms with Crippen LogP contribution in [0.3, 0.4) is 0 Å². The molecule has 1 atom stereocenters. The molecule has 6 heteroatoms. The number of alkyl halides is 1. The number of aromatic nitrogens is 2. The zero-order chi connectivity index (χ0) is 19.6. The number of anilines is 1. The molecule has 2 aromatic rings. The number of nitrogens with zero attached hydrogens (tertiary/aromatic N) is 4. The van der Waals surface area contributed by atoms with Crippen LogP contribution in [0.5, 0.6) is 0 Å². The van der Waals surface area contributed by atoms with E-state index < -0.39 is 5.38 Å². The first kappa shape index (κ1) is 19.6. The first-order chi connectivity index (χ1) is 12.8. The predicted octanol–water partition coefficient (Wildman–Crippen LogP) is 3.27. The van der Waals surface area contributed by atoms with Gasteiger partial charge >= 0.3 is 0 Å². The molecule has 0 N–H and O–H groups in total. The average molecular weight is 387 g/mol. The van der Waals surface area contributed by atoms with E-state index in [-0.39, 0.29) is 5.91 Å². The highest BCUT2D eigenvalue weighted by molar-refractivity contribution is 6.30. The molecule has 1 aliphatic rings. The number of aryl methyl sites for hydroxylation is 3. The summed E-state index contributed by atoms with van der Waals surface area (Å²) >= 11 is 5.96. The van der Waals surface area contributed by atoms with Crippen molar-refractivity contribution in [2.24, 2.45) is 0 Å². The summed E-state index contributed by atoms with van der Waals surface area (Å²) in [6, 6.07) is 8.60. The Balaban J connectivity index is 1.83. The average Bonchev–Trinajstić information content (AvgIpc) is 2.64. The van der Waals surface area contributed by atoms with Crippen molar-refractivity contribution in [2.75, 3.05) is 31.1 Å². The molecule has 0 aliphatic carbocycles. The number of benzene rings is 1. The standard InChI is InChI=1S/C21H27ClN4O/c1-14-5-7-18(8-6-14)13-19-16(3)23-17(4)24-20(19)25-9-11-26(12-10-25)21(27)15(2)22/h5-8,15H,9-13H2,1-4H3. The molecular formula is C21H27ClN4O. The highest BCUT2D eigenvalue weighted by Crippen LogP contribution is 2.25. The van der Waals surface area contributed by atoms with E-state index in [0.29, 0.717) is 13.1 Å². The Morgan fingerprint density at radius 3 is 2.30 bits per heavy atom. The zero-order valence-corrected chi connectivity index (χ0v) is 17.3. The predicted molar refractivity (Wildman–Crippen MR) is 110 cm³/mol. The molecule has 1 aromatic carbocycles. The molecule has 27 heavy (non-hydrogen) atoms. The molecule has 1 unspecified atom stereocenters. The Bertz CT molecular complexity index is 812. The molecule has 1 aliphatic heterocycles. The van der Waals surface area contributed by atoms with Gasteiger partial charge in [0, 0.05) is 43.9 Å². The van der Waals surface area contributed by atoms with Gasteiger partial charge in [0.25, 0.3) is 0 Å². The van der Waals surface area contributed by atoms with E-state index in [4.69, 9.17) is 16.6 Å². The number of hydrogen-bond donors (Lipinski definition) is 0. The smallest absolute Gasteiger partial charge is 0.240 e. The first-order valence-electron chi connectivity index (χ1n) is 9.42. The van der Waals surface area contributed by atoms with Crippen LogP contribution in [0.25, 0.3) is 0 Å². The van der Waals surface area contributed by atoms with Gasteiger partial charge in [-0.25, -0.2) is 9.97 Å². The van der Waals surface area contributed by atoms with Crippen molar-refractivity contribution in [1.29, 1.82) is 0 Å². The van der Waals surface area contributed by atoms with E-state index >= 15 is 0 Å². The third-order valence-corrected chi connectivity index (χ3v) is 5.22. The number of hydrogen-bond acceptors (Lipinski definition) is 4. The van der Waals surface area contributed by atoms with Crippen LogP contribution in [0.15, 0.2) is 24.3 Å². The molecule has 2 heterocycles. The lowest BCUT2D eigenvalue weighted by Crippen LogP contribution is -2.51. The first-order valence-corrected chi connectivity index (χ1v) is 9.86. The van der Waals surface area contributed by atoms with E-state index in [9.17, 15) is 4.79 Å². The number of carbonyl (C=O) groups is 1. The van der Waals surface area contributed by atoms with E-state index in [1.165, 1.54) is 11.1 Å². The fourth-order valence-corrected chi connectivity index (χ4v) is 3.62. The Morgan fingerprint density at radius 1 is 1.07 bits per heavy atom. The van der Waals surface area contributed by atoms with Crippen LogP contribution in [-0.2, 0) is 11.2 Å². The van der Waals surface area contributed by atoms with Gasteiger partial charge in [-0.05, 0) is 33.3 Å². The summed E-state index contributed by atoms with van der Waals surface area (Å²) in [5.41, 5.74) is 4.69. The minimum Gasteiger partial charge on any atom is -0.353 e. The molecule has 1 amide bonds. The molecule has 0 radical (unpaired) electrons. The zero-order valence-electron chi connectivity index (χ0n) is 16.5. The largest absolute Gasteiger partial charge is 0.353 e. The van der Waals surface area contributed by atoms with Crippen LogP contribution in [0.2, 0.25) is 0 Å². The van der Waals surface area contributed by atoms with Gasteiger partial charge in [0.15, 0.2) is 0 Å². The Morgan fingerprint density at radius 2 is 1.70 bits per heavy atom. The highest BCUT2D eigenvalue weighted by Gasteiger charge is 2.26. The lowest BCUT2D eigenvalue weighted by Gasteiger charge is -2.37. The van der Waals surface area contributed by atoms with Crippen molar-refractivity contribution in [1.82, 2.24) is 14.9 Å². The summed E-state index contributed by atoms with van der Waals surface area (Å²) in [6.07, 6.45) is 0.805. The third-order valence-electron chi connectivity index (χ3n) is 5.04. The van der Waals surface area contributed by atoms with E-state index in [1.807, 2.05) is 11.8 Å². The number of piperazine rings is 1. The summed E-state index contributed by atoms with van der Waals surface area (Å²) in [7, 11) is 0. The monoisotopic (exact) mass is 386 g/mol. The molecule has 1 fully saturated rings. The summed E-state index contributed by atoms with van der Waals surface area (Å²) in [5, 5.41) is -0.475. The maximum absolute atomic E-state index is 12.1. The maximum Gasteiger partial charge on any atom is 0.240 e. The number of rotatable bonds is 4. The van der Waals surface area contributed by atoms with Crippen LogP contribution in [-0.4, -0.2) is 52.3 Å². The highest BCUT2D eigenvalue weighted by atomic mass is 35.5. The van der Waals surface area contributed by atoms with Crippen molar-refractivity contribution in [3.63, 3.8) is 0 Å². The number of halogens is 1. The minimum absolute atomic E-state index is 0.00578. The fraction of sp³-hybridized carbons (Fsp3) is 0.476. The second-order valence-electron chi connectivity index (χ2n) is 7.25. The summed E-state index contributed by atoms with van der Waals surface area (Å²) in [5.74, 6) is 1.78. The Kier molecular flexibility index (Phi) is 6.00. The van der Waals surface area contributed by atoms with Gasteiger partial charge in [-0.3, -0.25) is 4.79 Å². The van der Waals surface area contributed by atoms with Crippen molar-refractivity contribution >= 4 is 23.3 Å². The van der Waals surface area contributed by atoms with Gasteiger partial charge in [0.2, 0.25) is 5.91 Å². The van der Waals surface area contributed by atoms with Crippen molar-refractivity contribution < 1.29 is 4.79 Å². The summed E-state index contributed by atoms with van der Waals surface area (Å²) in [4.78, 5) is 25.6. The van der Waals surface area contributed by atoms with Gasteiger partial charge in [0.05, 0.1) is 0 Å². The topological polar surface area (TPSA) is 49.3 Å². The van der Waals surface area contributed by atoms with E-state index in [1.54, 1.807) is 6.92 Å². The quantitative estimate of drug-likeness (QED) is 0.757. The molecular weight excluding hydrogens is 360 g/mol. The molecule has 0 saturated carbocycles. The van der Waals surface area contributed by atoms with Gasteiger partial charge in [-0.15, -0.1) is 11.6 Å². The van der Waals surface area contributed by atoms with Gasteiger partial charge < -0.3 is 9.80 Å². The normalized spacial score (nSPS) is 15.7. The molecule has 0 bridgehead atoms. The number of amides is 1. The van der Waals surface area contributed by atoms with E-state index in [0.717, 1.165) is 42.4 Å². The number of carbonyl (C=O) groups excluding carboxylic acids is 1. The second-order valence-corrected chi connectivity index (χ2v) is 7.90. The van der Waals surface area contributed by atoms with Crippen LogP contribution >= 0.6 is 11.6 Å². The molecule has 5 nitrogen and oxygen atoms in total. The Hall–Kier alpha value is -2.14. The van der Waals surface area contributed by atoms with Crippen LogP contribution < -0.4 is 4.90 Å². The SMILES string of the molecule is Cc1ccc(Cc2c(C)nc(C)nc2N2CCN(C(=O)C(C)Cl)CC2)cc1.